The zero-order valence-corrected chi connectivity index (χ0v) is 12.9. The van der Waals surface area contributed by atoms with Crippen molar-refractivity contribution in [1.29, 1.82) is 0 Å². The highest BCUT2D eigenvalue weighted by Gasteiger charge is 2.20. The van der Waals surface area contributed by atoms with E-state index in [0.717, 1.165) is 0 Å². The number of para-hydroxylation sites is 1. The first-order valence-corrected chi connectivity index (χ1v) is 7.29. The van der Waals surface area contributed by atoms with Crippen LogP contribution in [0.3, 0.4) is 0 Å². The van der Waals surface area contributed by atoms with Crippen LogP contribution in [0, 0.1) is 0 Å². The summed E-state index contributed by atoms with van der Waals surface area (Å²) in [6.07, 6.45) is 0. The lowest BCUT2D eigenvalue weighted by molar-refractivity contribution is 0.310. The van der Waals surface area contributed by atoms with Gasteiger partial charge in [-0.3, -0.25) is 0 Å². The predicted octanol–water partition coefficient (Wildman–Crippen LogP) is 1.87. The average Bonchev–Trinajstić information content (AvgIpc) is 3.24. The van der Waals surface area contributed by atoms with Crippen LogP contribution < -0.4 is 16.1 Å². The van der Waals surface area contributed by atoms with Crippen molar-refractivity contribution in [2.24, 2.45) is 0 Å². The second-order valence-corrected chi connectivity index (χ2v) is 4.98. The molecule has 0 bridgehead atoms. The Morgan fingerprint density at radius 3 is 2.88 bits per heavy atom. The molecule has 4 aromatic rings. The number of ether oxygens (including phenoxy) is 1. The number of hydrogen-bond acceptors (Lipinski definition) is 10. The van der Waals surface area contributed by atoms with Gasteiger partial charge in [0, 0.05) is 5.39 Å². The van der Waals surface area contributed by atoms with Gasteiger partial charge < -0.3 is 19.4 Å². The van der Waals surface area contributed by atoms with Crippen molar-refractivity contribution in [3.63, 3.8) is 0 Å². The minimum atomic E-state index is -0.638. The molecule has 0 atom stereocenters. The second kappa shape index (κ2) is 5.74. The van der Waals surface area contributed by atoms with Gasteiger partial charge in [0.05, 0.1) is 6.61 Å². The molecular weight excluding hydrogens is 330 g/mol. The van der Waals surface area contributed by atoms with Gasteiger partial charge in [-0.15, -0.1) is 0 Å². The number of rotatable bonds is 4. The number of nitrogen functional groups attached to an aromatic ring is 1. The molecule has 2 N–H and O–H groups in total. The second-order valence-electron chi connectivity index (χ2n) is 4.98. The van der Waals surface area contributed by atoms with Gasteiger partial charge in [-0.2, -0.15) is 4.98 Å². The third-order valence-electron chi connectivity index (χ3n) is 3.41. The third kappa shape index (κ3) is 2.49. The average molecular weight is 341 g/mol. The quantitative estimate of drug-likeness (QED) is 0.546. The van der Waals surface area contributed by atoms with Gasteiger partial charge in [-0.1, -0.05) is 17.3 Å². The molecule has 4 rings (SSSR count). The Morgan fingerprint density at radius 1 is 1.24 bits per heavy atom. The predicted molar refractivity (Wildman–Crippen MR) is 84.6 cm³/mol. The van der Waals surface area contributed by atoms with E-state index in [9.17, 15) is 4.79 Å². The van der Waals surface area contributed by atoms with Crippen molar-refractivity contribution < 1.29 is 18.3 Å². The van der Waals surface area contributed by atoms with Crippen molar-refractivity contribution in [3.05, 3.63) is 34.7 Å². The minimum absolute atomic E-state index is 0.0132. The van der Waals surface area contributed by atoms with Gasteiger partial charge >= 0.3 is 5.63 Å². The van der Waals surface area contributed by atoms with E-state index < -0.39 is 5.63 Å². The molecule has 0 fully saturated rings. The van der Waals surface area contributed by atoms with Crippen LogP contribution in [0.4, 0.5) is 5.82 Å². The van der Waals surface area contributed by atoms with Crippen LogP contribution in [0.1, 0.15) is 6.92 Å². The van der Waals surface area contributed by atoms with E-state index in [1.165, 1.54) is 0 Å². The van der Waals surface area contributed by atoms with E-state index in [-0.39, 0.29) is 28.8 Å². The molecule has 25 heavy (non-hydrogen) atoms. The summed E-state index contributed by atoms with van der Waals surface area (Å²) in [6, 6.07) is 6.88. The Balaban J connectivity index is 1.82. The van der Waals surface area contributed by atoms with Crippen LogP contribution in [-0.2, 0) is 0 Å². The third-order valence-corrected chi connectivity index (χ3v) is 3.41. The van der Waals surface area contributed by atoms with Crippen LogP contribution in [-0.4, -0.2) is 27.1 Å². The normalized spacial score (nSPS) is 11.1. The molecule has 0 saturated heterocycles. The molecule has 10 heteroatoms. The number of hydrogen-bond donors (Lipinski definition) is 1. The summed E-state index contributed by atoms with van der Waals surface area (Å²) in [4.78, 5) is 16.4. The number of aromatic nitrogens is 4. The van der Waals surface area contributed by atoms with Crippen molar-refractivity contribution in [3.8, 4) is 28.7 Å². The SMILES string of the molecule is CCOc1cccc2cc(-c3nc(-c4nonc4N)no3)c(=O)oc12. The molecular formula is C15H11N5O5. The number of nitrogens with zero attached hydrogens (tertiary/aromatic N) is 4. The summed E-state index contributed by atoms with van der Waals surface area (Å²) in [5.74, 6) is 0.516. The summed E-state index contributed by atoms with van der Waals surface area (Å²) in [7, 11) is 0. The summed E-state index contributed by atoms with van der Waals surface area (Å²) in [5, 5.41) is 11.4. The van der Waals surface area contributed by atoms with E-state index >= 15 is 0 Å². The summed E-state index contributed by atoms with van der Waals surface area (Å²) >= 11 is 0. The largest absolute Gasteiger partial charge is 0.490 e. The summed E-state index contributed by atoms with van der Waals surface area (Å²) < 4.78 is 20.4. The fourth-order valence-electron chi connectivity index (χ4n) is 2.32. The zero-order chi connectivity index (χ0) is 17.4. The van der Waals surface area contributed by atoms with Crippen LogP contribution in [0.2, 0.25) is 0 Å². The van der Waals surface area contributed by atoms with Gasteiger partial charge in [0.25, 0.3) is 5.89 Å². The fourth-order valence-corrected chi connectivity index (χ4v) is 2.32. The van der Waals surface area contributed by atoms with Crippen molar-refractivity contribution in [2.45, 2.75) is 6.92 Å². The van der Waals surface area contributed by atoms with E-state index in [2.05, 4.69) is 25.1 Å². The molecule has 0 spiro atoms. The molecule has 0 aliphatic carbocycles. The van der Waals surface area contributed by atoms with E-state index in [1.54, 1.807) is 24.3 Å². The zero-order valence-electron chi connectivity index (χ0n) is 12.9. The molecule has 0 saturated carbocycles. The number of fused-ring (bicyclic) bond motifs is 1. The number of anilines is 1. The molecule has 0 aliphatic heterocycles. The van der Waals surface area contributed by atoms with Crippen LogP contribution in [0.15, 0.2) is 42.6 Å². The standard InChI is InChI=1S/C15H11N5O5/c1-2-22-9-5-3-4-7-6-8(15(21)23-11(7)9)14-17-13(20-24-14)10-12(16)19-25-18-10/h3-6H,2H2,1H3,(H2,16,19). The fraction of sp³-hybridized carbons (Fsp3) is 0.133. The highest BCUT2D eigenvalue weighted by Crippen LogP contribution is 2.28. The van der Waals surface area contributed by atoms with E-state index in [0.29, 0.717) is 23.3 Å². The number of nitrogens with two attached hydrogens (primary N) is 1. The maximum atomic E-state index is 12.3. The molecule has 0 amide bonds. The number of benzene rings is 1. The molecule has 0 unspecified atom stereocenters. The molecule has 10 nitrogen and oxygen atoms in total. The molecule has 126 valence electrons. The summed E-state index contributed by atoms with van der Waals surface area (Å²) in [5.41, 5.74) is 5.53. The Kier molecular flexibility index (Phi) is 3.42. The molecule has 0 radical (unpaired) electrons. The molecule has 3 heterocycles. The molecule has 0 aliphatic rings. The van der Waals surface area contributed by atoms with Gasteiger partial charge in [0.15, 0.2) is 22.8 Å². The lowest BCUT2D eigenvalue weighted by Gasteiger charge is -2.05. The van der Waals surface area contributed by atoms with E-state index in [1.807, 2.05) is 6.92 Å². The van der Waals surface area contributed by atoms with Crippen molar-refractivity contribution in [1.82, 2.24) is 20.5 Å². The monoisotopic (exact) mass is 341 g/mol. The lowest BCUT2D eigenvalue weighted by atomic mass is 10.1. The van der Waals surface area contributed by atoms with Gasteiger partial charge in [0.1, 0.15) is 5.56 Å². The Hall–Kier alpha value is -3.69. The first-order valence-electron chi connectivity index (χ1n) is 7.29. The Morgan fingerprint density at radius 2 is 2.12 bits per heavy atom. The molecule has 1 aromatic carbocycles. The van der Waals surface area contributed by atoms with Crippen molar-refractivity contribution in [2.75, 3.05) is 12.3 Å². The van der Waals surface area contributed by atoms with Crippen molar-refractivity contribution >= 4 is 16.8 Å². The topological polar surface area (TPSA) is 143 Å². The maximum Gasteiger partial charge on any atom is 0.349 e. The highest BCUT2D eigenvalue weighted by atomic mass is 16.6. The molecule has 3 aromatic heterocycles. The van der Waals surface area contributed by atoms with E-state index in [4.69, 9.17) is 19.4 Å². The first-order chi connectivity index (χ1) is 12.2. The first kappa shape index (κ1) is 14.9. The highest BCUT2D eigenvalue weighted by molar-refractivity contribution is 5.85. The van der Waals surface area contributed by atoms with Crippen LogP contribution >= 0.6 is 0 Å². The lowest BCUT2D eigenvalue weighted by Crippen LogP contribution is -2.04. The summed E-state index contributed by atoms with van der Waals surface area (Å²) in [6.45, 7) is 2.29. The smallest absolute Gasteiger partial charge is 0.349 e. The maximum absolute atomic E-state index is 12.3. The van der Waals surface area contributed by atoms with Crippen LogP contribution in [0.25, 0.3) is 33.9 Å². The minimum Gasteiger partial charge on any atom is -0.490 e. The Bertz CT molecular complexity index is 1110. The van der Waals surface area contributed by atoms with Gasteiger partial charge in [-0.05, 0) is 29.4 Å². The van der Waals surface area contributed by atoms with Crippen LogP contribution in [0.5, 0.6) is 5.75 Å². The van der Waals surface area contributed by atoms with Gasteiger partial charge in [0.2, 0.25) is 5.82 Å². The Labute approximate surface area is 139 Å². The van der Waals surface area contributed by atoms with Gasteiger partial charge in [-0.25, -0.2) is 9.42 Å².